The molecule has 0 bridgehead atoms. The van der Waals surface area contributed by atoms with E-state index < -0.39 is 0 Å². The van der Waals surface area contributed by atoms with E-state index >= 15 is 0 Å². The summed E-state index contributed by atoms with van der Waals surface area (Å²) in [5.74, 6) is 1.91. The van der Waals surface area contributed by atoms with Crippen LogP contribution in [0.4, 0.5) is 0 Å². The Balaban J connectivity index is 2.14. The molecule has 1 unspecified atom stereocenters. The first-order valence-corrected chi connectivity index (χ1v) is 6.81. The lowest BCUT2D eigenvalue weighted by atomic mass is 9.95. The number of aryl methyl sites for hydroxylation is 1. The zero-order valence-electron chi connectivity index (χ0n) is 11.4. The first kappa shape index (κ1) is 13.4. The highest BCUT2D eigenvalue weighted by Crippen LogP contribution is 2.25. The van der Waals surface area contributed by atoms with Gasteiger partial charge in [0, 0.05) is 36.9 Å². The summed E-state index contributed by atoms with van der Waals surface area (Å²) in [5.41, 5.74) is 7.91. The van der Waals surface area contributed by atoms with Gasteiger partial charge in [0.05, 0.1) is 0 Å². The maximum Gasteiger partial charge on any atom is 0.129 e. The van der Waals surface area contributed by atoms with Gasteiger partial charge in [0.25, 0.3) is 0 Å². The SMILES string of the molecule is Cc1cc(C2CCOCC2)nc(CC(C)CN)n1. The molecule has 1 fully saturated rings. The van der Waals surface area contributed by atoms with Crippen LogP contribution in [0.1, 0.15) is 42.9 Å². The van der Waals surface area contributed by atoms with Crippen LogP contribution in [0, 0.1) is 12.8 Å². The van der Waals surface area contributed by atoms with Crippen molar-refractivity contribution in [2.24, 2.45) is 11.7 Å². The molecule has 2 N–H and O–H groups in total. The Bertz CT molecular complexity index is 389. The van der Waals surface area contributed by atoms with Gasteiger partial charge in [0.2, 0.25) is 0 Å². The molecule has 0 radical (unpaired) electrons. The lowest BCUT2D eigenvalue weighted by Gasteiger charge is -2.22. The standard InChI is InChI=1S/C14H23N3O/c1-10(9-15)7-14-16-11(2)8-13(17-14)12-3-5-18-6-4-12/h8,10,12H,3-7,9,15H2,1-2H3. The van der Waals surface area contributed by atoms with Gasteiger partial charge in [-0.1, -0.05) is 6.92 Å². The van der Waals surface area contributed by atoms with Crippen molar-refractivity contribution in [3.63, 3.8) is 0 Å². The monoisotopic (exact) mass is 249 g/mol. The van der Waals surface area contributed by atoms with E-state index in [1.807, 2.05) is 6.92 Å². The van der Waals surface area contributed by atoms with Crippen LogP contribution in [-0.2, 0) is 11.2 Å². The molecule has 0 aromatic carbocycles. The second kappa shape index (κ2) is 6.25. The lowest BCUT2D eigenvalue weighted by Crippen LogP contribution is -2.18. The molecule has 1 aliphatic rings. The van der Waals surface area contributed by atoms with Crippen LogP contribution in [0.5, 0.6) is 0 Å². The zero-order chi connectivity index (χ0) is 13.0. The molecule has 2 heterocycles. The molecule has 1 aliphatic heterocycles. The van der Waals surface area contributed by atoms with Crippen LogP contribution in [-0.4, -0.2) is 29.7 Å². The lowest BCUT2D eigenvalue weighted by molar-refractivity contribution is 0.0844. The van der Waals surface area contributed by atoms with Gasteiger partial charge in [-0.25, -0.2) is 9.97 Å². The Morgan fingerprint density at radius 2 is 2.11 bits per heavy atom. The first-order chi connectivity index (χ1) is 8.69. The molecule has 0 saturated carbocycles. The molecule has 1 aromatic heterocycles. The van der Waals surface area contributed by atoms with Crippen molar-refractivity contribution in [3.8, 4) is 0 Å². The van der Waals surface area contributed by atoms with E-state index in [1.165, 1.54) is 5.69 Å². The topological polar surface area (TPSA) is 61.0 Å². The summed E-state index contributed by atoms with van der Waals surface area (Å²) in [4.78, 5) is 9.24. The fraction of sp³-hybridized carbons (Fsp3) is 0.714. The van der Waals surface area contributed by atoms with Gasteiger partial charge in [-0.15, -0.1) is 0 Å². The van der Waals surface area contributed by atoms with Crippen molar-refractivity contribution in [3.05, 3.63) is 23.3 Å². The number of rotatable bonds is 4. The van der Waals surface area contributed by atoms with Crippen molar-refractivity contribution in [2.45, 2.75) is 39.0 Å². The van der Waals surface area contributed by atoms with E-state index in [2.05, 4.69) is 18.0 Å². The van der Waals surface area contributed by atoms with Gasteiger partial charge in [-0.2, -0.15) is 0 Å². The summed E-state index contributed by atoms with van der Waals surface area (Å²) >= 11 is 0. The van der Waals surface area contributed by atoms with Crippen LogP contribution in [0.2, 0.25) is 0 Å². The molecule has 4 heteroatoms. The Labute approximate surface area is 109 Å². The van der Waals surface area contributed by atoms with Gasteiger partial charge in [-0.3, -0.25) is 0 Å². The van der Waals surface area contributed by atoms with Crippen LogP contribution in [0.3, 0.4) is 0 Å². The average molecular weight is 249 g/mol. The summed E-state index contributed by atoms with van der Waals surface area (Å²) < 4.78 is 5.40. The third kappa shape index (κ3) is 3.50. The zero-order valence-corrected chi connectivity index (χ0v) is 11.4. The third-order valence-electron chi connectivity index (χ3n) is 3.49. The van der Waals surface area contributed by atoms with Crippen molar-refractivity contribution in [1.29, 1.82) is 0 Å². The molecule has 1 saturated heterocycles. The maximum absolute atomic E-state index is 5.67. The largest absolute Gasteiger partial charge is 0.381 e. The van der Waals surface area contributed by atoms with E-state index in [0.717, 1.165) is 44.0 Å². The van der Waals surface area contributed by atoms with E-state index in [1.54, 1.807) is 0 Å². The fourth-order valence-corrected chi connectivity index (χ4v) is 2.34. The van der Waals surface area contributed by atoms with E-state index in [0.29, 0.717) is 18.4 Å². The fourth-order valence-electron chi connectivity index (χ4n) is 2.34. The second-order valence-electron chi connectivity index (χ2n) is 5.28. The number of hydrogen-bond acceptors (Lipinski definition) is 4. The van der Waals surface area contributed by atoms with Gasteiger partial charge in [0.1, 0.15) is 5.82 Å². The Morgan fingerprint density at radius 1 is 1.39 bits per heavy atom. The Hall–Kier alpha value is -1.00. The third-order valence-corrected chi connectivity index (χ3v) is 3.49. The minimum atomic E-state index is 0.439. The highest BCUT2D eigenvalue weighted by Gasteiger charge is 2.18. The molecular weight excluding hydrogens is 226 g/mol. The summed E-state index contributed by atoms with van der Waals surface area (Å²) in [6.45, 7) is 6.56. The molecule has 2 rings (SSSR count). The van der Waals surface area contributed by atoms with Crippen LogP contribution in [0.15, 0.2) is 6.07 Å². The molecule has 4 nitrogen and oxygen atoms in total. The smallest absolute Gasteiger partial charge is 0.129 e. The van der Waals surface area contributed by atoms with Crippen molar-refractivity contribution >= 4 is 0 Å². The number of aromatic nitrogens is 2. The van der Waals surface area contributed by atoms with Gasteiger partial charge < -0.3 is 10.5 Å². The molecule has 0 spiro atoms. The predicted octanol–water partition coefficient (Wildman–Crippen LogP) is 1.82. The Morgan fingerprint density at radius 3 is 2.78 bits per heavy atom. The Kier molecular flexibility index (Phi) is 4.66. The minimum absolute atomic E-state index is 0.439. The quantitative estimate of drug-likeness (QED) is 0.884. The van der Waals surface area contributed by atoms with E-state index in [-0.39, 0.29) is 0 Å². The van der Waals surface area contributed by atoms with Crippen molar-refractivity contribution in [2.75, 3.05) is 19.8 Å². The second-order valence-corrected chi connectivity index (χ2v) is 5.28. The number of nitrogens with two attached hydrogens (primary N) is 1. The molecule has 100 valence electrons. The number of nitrogens with zero attached hydrogens (tertiary/aromatic N) is 2. The molecule has 0 amide bonds. The molecule has 1 aromatic rings. The maximum atomic E-state index is 5.67. The molecular formula is C14H23N3O. The van der Waals surface area contributed by atoms with E-state index in [4.69, 9.17) is 15.5 Å². The van der Waals surface area contributed by atoms with Gasteiger partial charge in [-0.05, 0) is 38.3 Å². The van der Waals surface area contributed by atoms with Crippen molar-refractivity contribution in [1.82, 2.24) is 9.97 Å². The first-order valence-electron chi connectivity index (χ1n) is 6.81. The van der Waals surface area contributed by atoms with Crippen LogP contribution >= 0.6 is 0 Å². The highest BCUT2D eigenvalue weighted by atomic mass is 16.5. The predicted molar refractivity (Wildman–Crippen MR) is 71.5 cm³/mol. The van der Waals surface area contributed by atoms with Crippen molar-refractivity contribution < 1.29 is 4.74 Å². The van der Waals surface area contributed by atoms with Gasteiger partial charge >= 0.3 is 0 Å². The molecule has 1 atom stereocenters. The van der Waals surface area contributed by atoms with Crippen LogP contribution in [0.25, 0.3) is 0 Å². The van der Waals surface area contributed by atoms with Crippen LogP contribution < -0.4 is 5.73 Å². The average Bonchev–Trinajstić information content (AvgIpc) is 2.39. The van der Waals surface area contributed by atoms with Gasteiger partial charge in [0.15, 0.2) is 0 Å². The minimum Gasteiger partial charge on any atom is -0.381 e. The summed E-state index contributed by atoms with van der Waals surface area (Å²) in [6.07, 6.45) is 3.01. The normalized spacial score (nSPS) is 18.8. The molecule has 0 aliphatic carbocycles. The summed E-state index contributed by atoms with van der Waals surface area (Å²) in [7, 11) is 0. The number of ether oxygens (including phenoxy) is 1. The van der Waals surface area contributed by atoms with E-state index in [9.17, 15) is 0 Å². The molecule has 18 heavy (non-hydrogen) atoms. The summed E-state index contributed by atoms with van der Waals surface area (Å²) in [6, 6.07) is 2.12. The number of hydrogen-bond donors (Lipinski definition) is 1. The summed E-state index contributed by atoms with van der Waals surface area (Å²) in [5, 5.41) is 0. The highest BCUT2D eigenvalue weighted by molar-refractivity contribution is 5.15.